The maximum Gasteiger partial charge on any atom is 0.178 e. The Hall–Kier alpha value is -2.16. The molecule has 0 aliphatic carbocycles. The van der Waals surface area contributed by atoms with Crippen molar-refractivity contribution in [3.63, 3.8) is 0 Å². The first kappa shape index (κ1) is 10.0. The van der Waals surface area contributed by atoms with Crippen LogP contribution in [0.15, 0.2) is 36.4 Å². The van der Waals surface area contributed by atoms with Crippen molar-refractivity contribution in [2.75, 3.05) is 0 Å². The molecule has 0 atom stereocenters. The molecule has 0 aliphatic heterocycles. The van der Waals surface area contributed by atoms with Gasteiger partial charge in [-0.15, -0.1) is 0 Å². The highest BCUT2D eigenvalue weighted by molar-refractivity contribution is 5.75. The SMILES string of the molecule is Cc1ccc(-c2nc3nc(C)ccc3[nH]2)cc1. The van der Waals surface area contributed by atoms with Gasteiger partial charge in [0.1, 0.15) is 5.82 Å². The Labute approximate surface area is 99.5 Å². The van der Waals surface area contributed by atoms with E-state index in [1.807, 2.05) is 19.1 Å². The lowest BCUT2D eigenvalue weighted by Gasteiger charge is -1.96. The first-order valence-electron chi connectivity index (χ1n) is 5.63. The topological polar surface area (TPSA) is 41.6 Å². The van der Waals surface area contributed by atoms with Crippen molar-refractivity contribution in [3.05, 3.63) is 47.7 Å². The summed E-state index contributed by atoms with van der Waals surface area (Å²) in [6.45, 7) is 4.05. The predicted octanol–water partition coefficient (Wildman–Crippen LogP) is 3.24. The van der Waals surface area contributed by atoms with E-state index in [-0.39, 0.29) is 0 Å². The van der Waals surface area contributed by atoms with Crippen LogP contribution in [0.25, 0.3) is 22.6 Å². The molecule has 0 amide bonds. The summed E-state index contributed by atoms with van der Waals surface area (Å²) in [7, 11) is 0. The molecule has 2 heterocycles. The quantitative estimate of drug-likeness (QED) is 0.688. The molecule has 1 N–H and O–H groups in total. The third-order valence-corrected chi connectivity index (χ3v) is 2.81. The van der Waals surface area contributed by atoms with E-state index in [9.17, 15) is 0 Å². The van der Waals surface area contributed by atoms with Gasteiger partial charge in [-0.1, -0.05) is 29.8 Å². The minimum absolute atomic E-state index is 0.778. The van der Waals surface area contributed by atoms with E-state index in [1.165, 1.54) is 5.56 Å². The minimum atomic E-state index is 0.778. The molecule has 84 valence electrons. The molecule has 0 bridgehead atoms. The number of imidazole rings is 1. The van der Waals surface area contributed by atoms with E-state index in [0.717, 1.165) is 28.2 Å². The molecule has 0 radical (unpaired) electrons. The summed E-state index contributed by atoms with van der Waals surface area (Å²) in [5.74, 6) is 0.873. The molecule has 0 fully saturated rings. The van der Waals surface area contributed by atoms with Gasteiger partial charge in [-0.25, -0.2) is 9.97 Å². The third-order valence-electron chi connectivity index (χ3n) is 2.81. The lowest BCUT2D eigenvalue weighted by molar-refractivity contribution is 1.22. The summed E-state index contributed by atoms with van der Waals surface area (Å²) in [4.78, 5) is 12.2. The summed E-state index contributed by atoms with van der Waals surface area (Å²) in [6.07, 6.45) is 0. The van der Waals surface area contributed by atoms with Crippen molar-refractivity contribution in [1.82, 2.24) is 15.0 Å². The van der Waals surface area contributed by atoms with Gasteiger partial charge in [0.15, 0.2) is 5.65 Å². The van der Waals surface area contributed by atoms with Crippen LogP contribution < -0.4 is 0 Å². The van der Waals surface area contributed by atoms with Crippen molar-refractivity contribution < 1.29 is 0 Å². The van der Waals surface area contributed by atoms with Crippen molar-refractivity contribution in [1.29, 1.82) is 0 Å². The van der Waals surface area contributed by atoms with Crippen LogP contribution in [-0.2, 0) is 0 Å². The van der Waals surface area contributed by atoms with E-state index in [4.69, 9.17) is 0 Å². The molecule has 0 saturated carbocycles. The van der Waals surface area contributed by atoms with Gasteiger partial charge in [0.2, 0.25) is 0 Å². The molecule has 3 nitrogen and oxygen atoms in total. The number of nitrogens with one attached hydrogen (secondary N) is 1. The molecule has 0 saturated heterocycles. The average Bonchev–Trinajstić information content (AvgIpc) is 2.72. The van der Waals surface area contributed by atoms with Gasteiger partial charge in [-0.3, -0.25) is 0 Å². The number of fused-ring (bicyclic) bond motifs is 1. The van der Waals surface area contributed by atoms with Crippen LogP contribution >= 0.6 is 0 Å². The normalized spacial score (nSPS) is 10.9. The van der Waals surface area contributed by atoms with Crippen LogP contribution in [0.3, 0.4) is 0 Å². The first-order valence-corrected chi connectivity index (χ1v) is 5.63. The van der Waals surface area contributed by atoms with Gasteiger partial charge in [-0.05, 0) is 26.0 Å². The Kier molecular flexibility index (Phi) is 2.18. The number of rotatable bonds is 1. The zero-order valence-electron chi connectivity index (χ0n) is 9.86. The second-order valence-electron chi connectivity index (χ2n) is 4.28. The number of aromatic amines is 1. The van der Waals surface area contributed by atoms with Crippen molar-refractivity contribution in [2.45, 2.75) is 13.8 Å². The van der Waals surface area contributed by atoms with Gasteiger partial charge < -0.3 is 4.98 Å². The Balaban J connectivity index is 2.14. The molecule has 1 aromatic carbocycles. The monoisotopic (exact) mass is 223 g/mol. The molecule has 3 aromatic rings. The molecule has 0 spiro atoms. The fourth-order valence-corrected chi connectivity index (χ4v) is 1.84. The van der Waals surface area contributed by atoms with Crippen LogP contribution in [0, 0.1) is 13.8 Å². The molecule has 3 heteroatoms. The van der Waals surface area contributed by atoms with Gasteiger partial charge in [0.05, 0.1) is 5.52 Å². The summed E-state index contributed by atoms with van der Waals surface area (Å²) in [5, 5.41) is 0. The van der Waals surface area contributed by atoms with E-state index >= 15 is 0 Å². The summed E-state index contributed by atoms with van der Waals surface area (Å²) in [6, 6.07) is 12.3. The Morgan fingerprint density at radius 1 is 0.882 bits per heavy atom. The highest BCUT2D eigenvalue weighted by Gasteiger charge is 2.05. The molecular weight excluding hydrogens is 210 g/mol. The van der Waals surface area contributed by atoms with Crippen LogP contribution in [0.2, 0.25) is 0 Å². The highest BCUT2D eigenvalue weighted by atomic mass is 15.0. The van der Waals surface area contributed by atoms with Gasteiger partial charge >= 0.3 is 0 Å². The Morgan fingerprint density at radius 3 is 2.41 bits per heavy atom. The van der Waals surface area contributed by atoms with E-state index in [0.29, 0.717) is 0 Å². The predicted molar refractivity (Wildman–Crippen MR) is 68.8 cm³/mol. The van der Waals surface area contributed by atoms with E-state index < -0.39 is 0 Å². The van der Waals surface area contributed by atoms with Crippen LogP contribution in [0.4, 0.5) is 0 Å². The first-order chi connectivity index (χ1) is 8.22. The molecule has 0 unspecified atom stereocenters. The second-order valence-corrected chi connectivity index (χ2v) is 4.28. The molecule has 17 heavy (non-hydrogen) atoms. The maximum atomic E-state index is 4.51. The number of hydrogen-bond acceptors (Lipinski definition) is 2. The number of aryl methyl sites for hydroxylation is 2. The van der Waals surface area contributed by atoms with E-state index in [1.54, 1.807) is 0 Å². The van der Waals surface area contributed by atoms with Crippen molar-refractivity contribution >= 4 is 11.2 Å². The number of nitrogens with zero attached hydrogens (tertiary/aromatic N) is 2. The Morgan fingerprint density at radius 2 is 1.65 bits per heavy atom. The number of benzene rings is 1. The second kappa shape index (κ2) is 3.70. The molecule has 3 rings (SSSR count). The highest BCUT2D eigenvalue weighted by Crippen LogP contribution is 2.19. The van der Waals surface area contributed by atoms with Crippen molar-refractivity contribution in [3.8, 4) is 11.4 Å². The molecular formula is C14H13N3. The standard InChI is InChI=1S/C14H13N3/c1-9-3-6-11(7-4-9)13-16-12-8-5-10(2)15-14(12)17-13/h3-8H,1-2H3,(H,15,16,17). The van der Waals surface area contributed by atoms with Crippen molar-refractivity contribution in [2.24, 2.45) is 0 Å². The number of pyridine rings is 1. The summed E-state index contributed by atoms with van der Waals surface area (Å²) in [5.41, 5.74) is 5.08. The summed E-state index contributed by atoms with van der Waals surface area (Å²) >= 11 is 0. The zero-order valence-corrected chi connectivity index (χ0v) is 9.86. The van der Waals surface area contributed by atoms with Crippen LogP contribution in [0.5, 0.6) is 0 Å². The lowest BCUT2D eigenvalue weighted by Crippen LogP contribution is -1.81. The van der Waals surface area contributed by atoms with Gasteiger partial charge in [0.25, 0.3) is 0 Å². The largest absolute Gasteiger partial charge is 0.337 e. The van der Waals surface area contributed by atoms with Gasteiger partial charge in [-0.2, -0.15) is 0 Å². The van der Waals surface area contributed by atoms with Gasteiger partial charge in [0, 0.05) is 11.3 Å². The fourth-order valence-electron chi connectivity index (χ4n) is 1.84. The zero-order chi connectivity index (χ0) is 11.8. The third kappa shape index (κ3) is 1.80. The number of H-pyrrole nitrogens is 1. The number of aromatic nitrogens is 3. The molecule has 0 aliphatic rings. The average molecular weight is 223 g/mol. The fraction of sp³-hybridized carbons (Fsp3) is 0.143. The van der Waals surface area contributed by atoms with Crippen LogP contribution in [-0.4, -0.2) is 15.0 Å². The van der Waals surface area contributed by atoms with Crippen LogP contribution in [0.1, 0.15) is 11.3 Å². The smallest absolute Gasteiger partial charge is 0.178 e. The number of hydrogen-bond donors (Lipinski definition) is 1. The molecule has 2 aromatic heterocycles. The van der Waals surface area contributed by atoms with E-state index in [2.05, 4.69) is 46.1 Å². The minimum Gasteiger partial charge on any atom is -0.337 e. The maximum absolute atomic E-state index is 4.51. The Bertz CT molecular complexity index is 666. The lowest BCUT2D eigenvalue weighted by atomic mass is 10.1. The summed E-state index contributed by atoms with van der Waals surface area (Å²) < 4.78 is 0.